The lowest BCUT2D eigenvalue weighted by atomic mass is 10.2. The summed E-state index contributed by atoms with van der Waals surface area (Å²) in [5, 5.41) is 2.79. The van der Waals surface area contributed by atoms with Crippen LogP contribution in [0.2, 0.25) is 20.2 Å². The monoisotopic (exact) mass is 406 g/mol. The van der Waals surface area contributed by atoms with Crippen molar-refractivity contribution in [3.8, 4) is 0 Å². The van der Waals surface area contributed by atoms with Gasteiger partial charge in [-0.05, 0) is 31.2 Å². The number of benzene rings is 1. The second-order valence-electron chi connectivity index (χ2n) is 4.60. The Balaban J connectivity index is 2.11. The van der Waals surface area contributed by atoms with Gasteiger partial charge in [0.15, 0.2) is 11.3 Å². The SMILES string of the molecule is CC(OC(=O)c1c(Cl)ccc(Cl)c1Cl)C(=O)Nc1cccnc1Cl. The zero-order valence-corrected chi connectivity index (χ0v) is 15.2. The molecule has 0 aliphatic heterocycles. The topological polar surface area (TPSA) is 68.3 Å². The first-order chi connectivity index (χ1) is 11.3. The fourth-order valence-corrected chi connectivity index (χ4v) is 2.55. The van der Waals surface area contributed by atoms with E-state index in [4.69, 9.17) is 51.1 Å². The molecule has 1 atom stereocenters. The van der Waals surface area contributed by atoms with Gasteiger partial charge in [0.25, 0.3) is 5.91 Å². The van der Waals surface area contributed by atoms with Crippen molar-refractivity contribution < 1.29 is 14.3 Å². The van der Waals surface area contributed by atoms with Crippen LogP contribution in [0.4, 0.5) is 5.69 Å². The second kappa shape index (κ2) is 8.03. The molecular weight excluding hydrogens is 398 g/mol. The van der Waals surface area contributed by atoms with Crippen LogP contribution in [-0.2, 0) is 9.53 Å². The molecule has 2 rings (SSSR count). The van der Waals surface area contributed by atoms with Gasteiger partial charge < -0.3 is 10.1 Å². The first-order valence-corrected chi connectivity index (χ1v) is 8.08. The van der Waals surface area contributed by atoms with Gasteiger partial charge in [0.2, 0.25) is 0 Å². The molecule has 126 valence electrons. The maximum absolute atomic E-state index is 12.2. The van der Waals surface area contributed by atoms with E-state index in [1.165, 1.54) is 25.3 Å². The maximum Gasteiger partial charge on any atom is 0.342 e. The molecular formula is C15H10Cl4N2O3. The van der Waals surface area contributed by atoms with Gasteiger partial charge in [-0.15, -0.1) is 0 Å². The van der Waals surface area contributed by atoms with Gasteiger partial charge in [-0.1, -0.05) is 46.4 Å². The summed E-state index contributed by atoms with van der Waals surface area (Å²) in [4.78, 5) is 28.1. The highest BCUT2D eigenvalue weighted by Crippen LogP contribution is 2.32. The van der Waals surface area contributed by atoms with E-state index in [1.807, 2.05) is 0 Å². The molecule has 24 heavy (non-hydrogen) atoms. The number of carbonyl (C=O) groups is 2. The molecule has 0 saturated heterocycles. The summed E-state index contributed by atoms with van der Waals surface area (Å²) in [5.74, 6) is -1.46. The number of aromatic nitrogens is 1. The minimum atomic E-state index is -1.13. The lowest BCUT2D eigenvalue weighted by Crippen LogP contribution is -2.30. The molecule has 1 unspecified atom stereocenters. The van der Waals surface area contributed by atoms with Gasteiger partial charge in [-0.25, -0.2) is 9.78 Å². The van der Waals surface area contributed by atoms with Crippen LogP contribution in [0.3, 0.4) is 0 Å². The first kappa shape index (κ1) is 18.8. The highest BCUT2D eigenvalue weighted by molar-refractivity contribution is 6.46. The van der Waals surface area contributed by atoms with E-state index in [9.17, 15) is 9.59 Å². The number of anilines is 1. The summed E-state index contributed by atoms with van der Waals surface area (Å²) in [6.07, 6.45) is 0.352. The van der Waals surface area contributed by atoms with E-state index in [1.54, 1.807) is 12.1 Å². The number of rotatable bonds is 4. The Morgan fingerprint density at radius 3 is 2.46 bits per heavy atom. The van der Waals surface area contributed by atoms with Crippen LogP contribution in [0, 0.1) is 0 Å². The predicted octanol–water partition coefficient (Wildman–Crippen LogP) is 4.88. The zero-order valence-electron chi connectivity index (χ0n) is 12.1. The Bertz CT molecular complexity index is 798. The number of hydrogen-bond acceptors (Lipinski definition) is 4. The van der Waals surface area contributed by atoms with Crippen LogP contribution in [-0.4, -0.2) is 23.0 Å². The molecule has 2 aromatic rings. The molecule has 0 bridgehead atoms. The van der Waals surface area contributed by atoms with Crippen LogP contribution in [0.15, 0.2) is 30.5 Å². The van der Waals surface area contributed by atoms with E-state index in [2.05, 4.69) is 10.3 Å². The third kappa shape index (κ3) is 4.30. The third-order valence-electron chi connectivity index (χ3n) is 2.92. The number of carbonyl (C=O) groups excluding carboxylic acids is 2. The number of ether oxygens (including phenoxy) is 1. The van der Waals surface area contributed by atoms with Crippen LogP contribution in [0.1, 0.15) is 17.3 Å². The lowest BCUT2D eigenvalue weighted by molar-refractivity contribution is -0.123. The van der Waals surface area contributed by atoms with Crippen molar-refractivity contribution in [2.24, 2.45) is 0 Å². The Morgan fingerprint density at radius 1 is 1.12 bits per heavy atom. The average Bonchev–Trinajstić information content (AvgIpc) is 2.53. The molecule has 1 N–H and O–H groups in total. The smallest absolute Gasteiger partial charge is 0.342 e. The van der Waals surface area contributed by atoms with Crippen molar-refractivity contribution in [1.29, 1.82) is 0 Å². The highest BCUT2D eigenvalue weighted by atomic mass is 35.5. The standard InChI is InChI=1S/C15H10Cl4N2O3/c1-7(14(22)21-10-3-2-6-20-13(10)19)24-15(23)11-8(16)4-5-9(17)12(11)18/h2-7H,1H3,(H,21,22). The van der Waals surface area contributed by atoms with Gasteiger partial charge >= 0.3 is 5.97 Å². The Hall–Kier alpha value is -1.53. The van der Waals surface area contributed by atoms with Crippen LogP contribution < -0.4 is 5.32 Å². The van der Waals surface area contributed by atoms with Crippen LogP contribution in [0.5, 0.6) is 0 Å². The highest BCUT2D eigenvalue weighted by Gasteiger charge is 2.24. The minimum absolute atomic E-state index is 0.0444. The van der Waals surface area contributed by atoms with E-state index in [-0.39, 0.29) is 25.8 Å². The normalized spacial score (nSPS) is 11.7. The molecule has 5 nitrogen and oxygen atoms in total. The number of nitrogens with zero attached hydrogens (tertiary/aromatic N) is 1. The summed E-state index contributed by atoms with van der Waals surface area (Å²) in [5.41, 5.74) is 0.191. The molecule has 0 aliphatic rings. The number of esters is 1. The van der Waals surface area contributed by atoms with Gasteiger partial charge in [0, 0.05) is 6.20 Å². The fourth-order valence-electron chi connectivity index (χ4n) is 1.70. The summed E-state index contributed by atoms with van der Waals surface area (Å²) in [6, 6.07) is 6.02. The predicted molar refractivity (Wildman–Crippen MR) is 94.2 cm³/mol. The zero-order chi connectivity index (χ0) is 17.9. The van der Waals surface area contributed by atoms with Crippen molar-refractivity contribution in [2.45, 2.75) is 13.0 Å². The number of amides is 1. The van der Waals surface area contributed by atoms with E-state index < -0.39 is 18.0 Å². The van der Waals surface area contributed by atoms with E-state index >= 15 is 0 Å². The van der Waals surface area contributed by atoms with Crippen molar-refractivity contribution in [3.63, 3.8) is 0 Å². The molecule has 1 aromatic carbocycles. The maximum atomic E-state index is 12.2. The number of halogens is 4. The summed E-state index contributed by atoms with van der Waals surface area (Å²) in [7, 11) is 0. The average molecular weight is 408 g/mol. The fraction of sp³-hybridized carbons (Fsp3) is 0.133. The molecule has 9 heteroatoms. The Kier molecular flexibility index (Phi) is 6.29. The Morgan fingerprint density at radius 2 is 1.79 bits per heavy atom. The van der Waals surface area contributed by atoms with Crippen LogP contribution in [0.25, 0.3) is 0 Å². The molecule has 1 heterocycles. The van der Waals surface area contributed by atoms with Crippen LogP contribution >= 0.6 is 46.4 Å². The van der Waals surface area contributed by atoms with Crippen molar-refractivity contribution in [1.82, 2.24) is 4.98 Å². The summed E-state index contributed by atoms with van der Waals surface area (Å²) in [6.45, 7) is 1.39. The molecule has 1 amide bonds. The van der Waals surface area contributed by atoms with E-state index in [0.717, 1.165) is 0 Å². The second-order valence-corrected chi connectivity index (χ2v) is 6.15. The lowest BCUT2D eigenvalue weighted by Gasteiger charge is -2.15. The van der Waals surface area contributed by atoms with Crippen molar-refractivity contribution in [3.05, 3.63) is 56.2 Å². The van der Waals surface area contributed by atoms with E-state index in [0.29, 0.717) is 5.69 Å². The summed E-state index contributed by atoms with van der Waals surface area (Å²) >= 11 is 23.6. The molecule has 0 saturated carbocycles. The van der Waals surface area contributed by atoms with Crippen molar-refractivity contribution in [2.75, 3.05) is 5.32 Å². The number of pyridine rings is 1. The largest absolute Gasteiger partial charge is 0.449 e. The van der Waals surface area contributed by atoms with Gasteiger partial charge in [-0.2, -0.15) is 0 Å². The van der Waals surface area contributed by atoms with Crippen molar-refractivity contribution >= 4 is 64.0 Å². The molecule has 1 aromatic heterocycles. The van der Waals surface area contributed by atoms with Gasteiger partial charge in [-0.3, -0.25) is 4.79 Å². The minimum Gasteiger partial charge on any atom is -0.449 e. The molecule has 0 spiro atoms. The third-order valence-corrected chi connectivity index (χ3v) is 4.34. The van der Waals surface area contributed by atoms with Gasteiger partial charge in [0.1, 0.15) is 0 Å². The number of nitrogens with one attached hydrogen (secondary N) is 1. The van der Waals surface area contributed by atoms with Gasteiger partial charge in [0.05, 0.1) is 26.3 Å². The summed E-state index contributed by atoms with van der Waals surface area (Å²) < 4.78 is 5.08. The Labute approximate surface area is 157 Å². The number of hydrogen-bond donors (Lipinski definition) is 1. The molecule has 0 fully saturated rings. The molecule has 0 radical (unpaired) electrons. The first-order valence-electron chi connectivity index (χ1n) is 6.57. The quantitative estimate of drug-likeness (QED) is 0.445. The molecule has 0 aliphatic carbocycles.